The minimum atomic E-state index is 0.523. The van der Waals surface area contributed by atoms with Crippen molar-refractivity contribution in [3.05, 3.63) is 0 Å². The lowest BCUT2D eigenvalue weighted by atomic mass is 10.1. The van der Waals surface area contributed by atoms with Crippen LogP contribution in [0.3, 0.4) is 0 Å². The van der Waals surface area contributed by atoms with Crippen molar-refractivity contribution >= 4 is 47.8 Å². The predicted octanol–water partition coefficient (Wildman–Crippen LogP) is 7.18. The van der Waals surface area contributed by atoms with Crippen molar-refractivity contribution in [3.63, 3.8) is 0 Å². The number of halogens is 3. The Bertz CT molecular complexity index is 137. The topological polar surface area (TPSA) is 0 Å². The molecule has 0 atom stereocenters. The quantitative estimate of drug-likeness (QED) is 0.213. The molecule has 0 aliphatic rings. The zero-order valence-corrected chi connectivity index (χ0v) is 15.7. The van der Waals surface area contributed by atoms with Crippen molar-refractivity contribution in [1.82, 2.24) is 0 Å². The maximum atomic E-state index is 3.52. The van der Waals surface area contributed by atoms with Gasteiger partial charge in [-0.2, -0.15) is 0 Å². The molecule has 0 radical (unpaired) electrons. The Balaban J connectivity index is 2.89. The lowest BCUT2D eigenvalue weighted by Gasteiger charge is -2.03. The molecule has 0 fully saturated rings. The summed E-state index contributed by atoms with van der Waals surface area (Å²) in [6, 6.07) is 0. The second kappa shape index (κ2) is 15.5. The fourth-order valence-corrected chi connectivity index (χ4v) is 3.03. The minimum absolute atomic E-state index is 0.523. The first-order valence-corrected chi connectivity index (χ1v) is 10.1. The van der Waals surface area contributed by atoms with Gasteiger partial charge < -0.3 is 0 Å². The molecular weight excluding hydrogens is 408 g/mol. The van der Waals surface area contributed by atoms with E-state index in [-0.39, 0.29) is 0 Å². The summed E-state index contributed by atoms with van der Waals surface area (Å²) < 4.78 is 0.523. The second-order valence-corrected chi connectivity index (χ2v) is 8.99. The molecular formula is C14H27Br3. The van der Waals surface area contributed by atoms with Gasteiger partial charge in [0, 0.05) is 5.33 Å². The molecule has 0 heterocycles. The molecule has 0 aromatic carbocycles. The number of alkyl halides is 3. The van der Waals surface area contributed by atoms with Gasteiger partial charge in [0.15, 0.2) is 0 Å². The summed E-state index contributed by atoms with van der Waals surface area (Å²) in [6.07, 6.45) is 16.9. The Morgan fingerprint density at radius 1 is 0.529 bits per heavy atom. The van der Waals surface area contributed by atoms with Gasteiger partial charge in [-0.25, -0.2) is 0 Å². The van der Waals surface area contributed by atoms with Gasteiger partial charge in [0.2, 0.25) is 0 Å². The first-order valence-electron chi connectivity index (χ1n) is 7.11. The summed E-state index contributed by atoms with van der Waals surface area (Å²) in [7, 11) is 0. The van der Waals surface area contributed by atoms with Crippen molar-refractivity contribution in [3.8, 4) is 0 Å². The van der Waals surface area contributed by atoms with Crippen LogP contribution >= 0.6 is 47.8 Å². The maximum absolute atomic E-state index is 3.52. The highest BCUT2D eigenvalue weighted by Gasteiger charge is 1.97. The van der Waals surface area contributed by atoms with Gasteiger partial charge in [0.25, 0.3) is 0 Å². The van der Waals surface area contributed by atoms with Crippen LogP contribution in [-0.4, -0.2) is 9.07 Å². The van der Waals surface area contributed by atoms with E-state index in [1.165, 1.54) is 82.4 Å². The summed E-state index contributed by atoms with van der Waals surface area (Å²) in [4.78, 5) is 0. The molecule has 0 aliphatic heterocycles. The van der Waals surface area contributed by atoms with Crippen LogP contribution in [0.5, 0.6) is 0 Å². The lowest BCUT2D eigenvalue weighted by molar-refractivity contribution is 0.548. The lowest BCUT2D eigenvalue weighted by Crippen LogP contribution is -1.86. The van der Waals surface area contributed by atoms with E-state index < -0.39 is 0 Å². The Morgan fingerprint density at radius 2 is 0.882 bits per heavy atom. The molecule has 17 heavy (non-hydrogen) atoms. The van der Waals surface area contributed by atoms with Crippen molar-refractivity contribution in [2.24, 2.45) is 0 Å². The molecule has 0 aromatic rings. The molecule has 0 saturated heterocycles. The molecule has 0 spiro atoms. The molecule has 0 aliphatic carbocycles. The fourth-order valence-electron chi connectivity index (χ4n) is 1.98. The van der Waals surface area contributed by atoms with E-state index in [1.54, 1.807) is 0 Å². The van der Waals surface area contributed by atoms with Gasteiger partial charge in [-0.3, -0.25) is 0 Å². The van der Waals surface area contributed by atoms with Crippen LogP contribution in [-0.2, 0) is 0 Å². The Kier molecular flexibility index (Phi) is 16.8. The highest BCUT2D eigenvalue weighted by molar-refractivity contribution is 9.24. The molecule has 0 nitrogen and oxygen atoms in total. The molecule has 0 aromatic heterocycles. The molecule has 3 heteroatoms. The number of hydrogen-bond donors (Lipinski definition) is 0. The van der Waals surface area contributed by atoms with Crippen LogP contribution in [0, 0.1) is 0 Å². The molecule has 0 unspecified atom stereocenters. The highest BCUT2D eigenvalue weighted by atomic mass is 79.9. The van der Waals surface area contributed by atoms with E-state index in [0.29, 0.717) is 3.74 Å². The first kappa shape index (κ1) is 18.4. The third-order valence-corrected chi connectivity index (χ3v) is 4.53. The number of hydrogen-bond acceptors (Lipinski definition) is 0. The third kappa shape index (κ3) is 17.4. The van der Waals surface area contributed by atoms with E-state index in [1.807, 2.05) is 0 Å². The molecule has 0 N–H and O–H groups in total. The molecule has 0 rings (SSSR count). The minimum Gasteiger partial charge on any atom is -0.0928 e. The smallest absolute Gasteiger partial charge is 0.0697 e. The van der Waals surface area contributed by atoms with E-state index >= 15 is 0 Å². The largest absolute Gasteiger partial charge is 0.0928 e. The first-order chi connectivity index (χ1) is 8.27. The Morgan fingerprint density at radius 3 is 1.24 bits per heavy atom. The molecule has 0 amide bonds. The second-order valence-electron chi connectivity index (χ2n) is 4.76. The van der Waals surface area contributed by atoms with E-state index in [4.69, 9.17) is 0 Å². The van der Waals surface area contributed by atoms with Gasteiger partial charge in [-0.15, -0.1) is 0 Å². The van der Waals surface area contributed by atoms with Crippen LogP contribution in [0.25, 0.3) is 0 Å². The van der Waals surface area contributed by atoms with Crippen molar-refractivity contribution < 1.29 is 0 Å². The van der Waals surface area contributed by atoms with Gasteiger partial charge in [-0.05, 0) is 12.8 Å². The zero-order chi connectivity index (χ0) is 12.8. The SMILES string of the molecule is BrCCCCCCCCCCCCCC(Br)Br. The van der Waals surface area contributed by atoms with Gasteiger partial charge >= 0.3 is 0 Å². The monoisotopic (exact) mass is 432 g/mol. The van der Waals surface area contributed by atoms with Crippen molar-refractivity contribution in [2.75, 3.05) is 5.33 Å². The third-order valence-electron chi connectivity index (χ3n) is 3.06. The van der Waals surface area contributed by atoms with Crippen LogP contribution in [0.4, 0.5) is 0 Å². The predicted molar refractivity (Wildman–Crippen MR) is 90.8 cm³/mol. The highest BCUT2D eigenvalue weighted by Crippen LogP contribution is 2.18. The standard InChI is InChI=1S/C14H27Br3/c15-13-11-9-7-5-3-1-2-4-6-8-10-12-14(16)17/h14H,1-13H2. The van der Waals surface area contributed by atoms with E-state index in [2.05, 4.69) is 47.8 Å². The summed E-state index contributed by atoms with van der Waals surface area (Å²) in [5, 5.41) is 1.18. The normalized spacial score (nSPS) is 11.3. The van der Waals surface area contributed by atoms with Gasteiger partial charge in [-0.1, -0.05) is 112 Å². The van der Waals surface area contributed by atoms with Crippen LogP contribution in [0.1, 0.15) is 77.0 Å². The van der Waals surface area contributed by atoms with Crippen molar-refractivity contribution in [2.45, 2.75) is 80.8 Å². The van der Waals surface area contributed by atoms with E-state index in [0.717, 1.165) is 0 Å². The summed E-state index contributed by atoms with van der Waals surface area (Å²) in [5.41, 5.74) is 0. The van der Waals surface area contributed by atoms with Crippen molar-refractivity contribution in [1.29, 1.82) is 0 Å². The van der Waals surface area contributed by atoms with Crippen LogP contribution in [0.2, 0.25) is 0 Å². The van der Waals surface area contributed by atoms with Crippen LogP contribution in [0.15, 0.2) is 0 Å². The summed E-state index contributed by atoms with van der Waals surface area (Å²) in [6.45, 7) is 0. The van der Waals surface area contributed by atoms with Crippen LogP contribution < -0.4 is 0 Å². The molecule has 0 saturated carbocycles. The fraction of sp³-hybridized carbons (Fsp3) is 1.00. The Labute approximate surface area is 133 Å². The van der Waals surface area contributed by atoms with E-state index in [9.17, 15) is 0 Å². The average molecular weight is 435 g/mol. The number of unbranched alkanes of at least 4 members (excludes halogenated alkanes) is 10. The Hall–Kier alpha value is 1.44. The molecule has 0 bridgehead atoms. The maximum Gasteiger partial charge on any atom is 0.0697 e. The zero-order valence-electron chi connectivity index (χ0n) is 10.9. The average Bonchev–Trinajstić information content (AvgIpc) is 2.30. The summed E-state index contributed by atoms with van der Waals surface area (Å²) >= 11 is 10.5. The van der Waals surface area contributed by atoms with Gasteiger partial charge in [0.1, 0.15) is 0 Å². The number of rotatable bonds is 13. The summed E-state index contributed by atoms with van der Waals surface area (Å²) in [5.74, 6) is 0. The molecule has 104 valence electrons. The van der Waals surface area contributed by atoms with Gasteiger partial charge in [0.05, 0.1) is 3.74 Å².